The summed E-state index contributed by atoms with van der Waals surface area (Å²) in [6.07, 6.45) is 13.0. The summed E-state index contributed by atoms with van der Waals surface area (Å²) in [5, 5.41) is 1.59. The Labute approximate surface area is 360 Å². The third kappa shape index (κ3) is 10.9. The van der Waals surface area contributed by atoms with Crippen LogP contribution in [0.2, 0.25) is 10.0 Å². The number of hydrogen-bond donors (Lipinski definition) is 0. The summed E-state index contributed by atoms with van der Waals surface area (Å²) in [5.74, 6) is 0. The molecule has 0 nitrogen and oxygen atoms in total. The minimum atomic E-state index is 0.0380. The molecule has 3 heteroatoms. The van der Waals surface area contributed by atoms with Gasteiger partial charge in [-0.25, -0.2) is 12.2 Å². The van der Waals surface area contributed by atoms with Gasteiger partial charge in [0.25, 0.3) is 0 Å². The molecule has 56 heavy (non-hydrogen) atoms. The second kappa shape index (κ2) is 18.6. The molecule has 6 aromatic carbocycles. The first kappa shape index (κ1) is 41.8. The molecule has 0 aliphatic heterocycles. The molecule has 0 heterocycles. The fraction of sp³-hybridized carbons (Fsp3) is 0.226. The first-order valence-corrected chi connectivity index (χ1v) is 21.4. The molecule has 0 aromatic heterocycles. The van der Waals surface area contributed by atoms with Crippen LogP contribution >= 0.6 is 23.2 Å². The van der Waals surface area contributed by atoms with Crippen molar-refractivity contribution in [3.63, 3.8) is 0 Å². The van der Waals surface area contributed by atoms with Gasteiger partial charge in [-0.1, -0.05) is 131 Å². The molecule has 0 saturated carbocycles. The van der Waals surface area contributed by atoms with Crippen LogP contribution in [-0.4, -0.2) is 3.21 Å². The van der Waals surface area contributed by atoms with Gasteiger partial charge in [-0.05, 0) is 39.5 Å². The van der Waals surface area contributed by atoms with E-state index in [9.17, 15) is 0 Å². The predicted molar refractivity (Wildman–Crippen MR) is 239 cm³/mol. The Balaban J connectivity index is 0.000000192. The Morgan fingerprint density at radius 2 is 1.12 bits per heavy atom. The van der Waals surface area contributed by atoms with Gasteiger partial charge in [-0.3, -0.25) is 6.08 Å². The molecule has 8 rings (SSSR count). The van der Waals surface area contributed by atoms with Crippen molar-refractivity contribution in [3.05, 3.63) is 201 Å². The number of hydrogen-bond acceptors (Lipinski definition) is 0. The summed E-state index contributed by atoms with van der Waals surface area (Å²) in [6, 6.07) is 49.0. The maximum atomic E-state index is 5.88. The zero-order valence-electron chi connectivity index (χ0n) is 33.4. The van der Waals surface area contributed by atoms with Crippen molar-refractivity contribution in [1.82, 2.24) is 0 Å². The number of benzene rings is 6. The zero-order chi connectivity index (χ0) is 39.9. The summed E-state index contributed by atoms with van der Waals surface area (Å²) in [5.41, 5.74) is 16.1. The first-order valence-electron chi connectivity index (χ1n) is 19.4. The summed E-state index contributed by atoms with van der Waals surface area (Å²) in [4.78, 5) is 0. The SMILES string of the molecule is CC(C)(C)c1cc2c([c-]c1-c1ccccc1)Cc1cc(-c3ccccc3)c(C(C)(C)C)cc1-2.Clc1ccc(C[C](=[Zr+2])Cc2ccc(Cl)cc2)cc1.[C-]1=CC=CC1. The molecule has 0 amide bonds. The summed E-state index contributed by atoms with van der Waals surface area (Å²) < 4.78 is 1.52. The molecule has 0 fully saturated rings. The second-order valence-corrected chi connectivity index (χ2v) is 19.2. The third-order valence-electron chi connectivity index (χ3n) is 10.1. The van der Waals surface area contributed by atoms with E-state index in [0.717, 1.165) is 35.7 Å². The standard InChI is InChI=1S/C33H33.C15H12Cl2.C5H5.Zr/c1-32(2,3)30-20-26-24(18-28(30)22-13-9-7-10-14-22)17-25-19-29(23-15-11-8-12-16-23)31(21-27(25)26)33(4,5)6;16-14-8-4-12(5-9-14)2-1-3-13-6-10-15(17)11-7-13;1-2-4-5-3-1;/h7-16,18,20-21H,17H2,1-6H3;4-11H,2-3H2;1-3H,4H2;/q-1;;-1;+2. The van der Waals surface area contributed by atoms with E-state index in [1.807, 2.05) is 36.4 Å². The zero-order valence-corrected chi connectivity index (χ0v) is 37.4. The Morgan fingerprint density at radius 1 is 0.607 bits per heavy atom. The molecule has 0 unspecified atom stereocenters. The number of fused-ring (bicyclic) bond motifs is 3. The van der Waals surface area contributed by atoms with Crippen molar-refractivity contribution in [3.8, 4) is 33.4 Å². The molecule has 2 aliphatic carbocycles. The van der Waals surface area contributed by atoms with Gasteiger partial charge < -0.3 is 0 Å². The van der Waals surface area contributed by atoms with Crippen molar-refractivity contribution in [1.29, 1.82) is 0 Å². The van der Waals surface area contributed by atoms with Gasteiger partial charge in [0.15, 0.2) is 0 Å². The number of rotatable bonds is 6. The van der Waals surface area contributed by atoms with Crippen molar-refractivity contribution in [2.75, 3.05) is 0 Å². The number of allylic oxidation sites excluding steroid dienone is 4. The average molecular weight is 849 g/mol. The smallest absolute Gasteiger partial charge is 0.109 e. The van der Waals surface area contributed by atoms with Gasteiger partial charge in [0.2, 0.25) is 0 Å². The van der Waals surface area contributed by atoms with Crippen molar-refractivity contribution in [2.45, 2.75) is 78.1 Å². The fourth-order valence-electron chi connectivity index (χ4n) is 7.20. The van der Waals surface area contributed by atoms with Crippen LogP contribution < -0.4 is 0 Å². The Kier molecular flexibility index (Phi) is 13.9. The van der Waals surface area contributed by atoms with Crippen LogP contribution in [0.25, 0.3) is 33.4 Å². The first-order chi connectivity index (χ1) is 26.8. The van der Waals surface area contributed by atoms with E-state index in [-0.39, 0.29) is 10.8 Å². The van der Waals surface area contributed by atoms with E-state index in [1.54, 1.807) is 0 Å². The third-order valence-corrected chi connectivity index (χ3v) is 11.4. The van der Waals surface area contributed by atoms with Crippen LogP contribution in [0.1, 0.15) is 81.3 Å². The topological polar surface area (TPSA) is 0 Å². The quantitative estimate of drug-likeness (QED) is 0.146. The van der Waals surface area contributed by atoms with Gasteiger partial charge in [-0.2, -0.15) is 6.08 Å². The van der Waals surface area contributed by atoms with E-state index in [0.29, 0.717) is 0 Å². The van der Waals surface area contributed by atoms with E-state index >= 15 is 0 Å². The molecular weight excluding hydrogens is 799 g/mol. The molecule has 0 N–H and O–H groups in total. The van der Waals surface area contributed by atoms with Crippen molar-refractivity contribution in [2.24, 2.45) is 0 Å². The number of halogens is 2. The van der Waals surface area contributed by atoms with Crippen molar-refractivity contribution >= 4 is 26.4 Å². The maximum Gasteiger partial charge on any atom is -0.109 e. The molecule has 6 aromatic rings. The second-order valence-electron chi connectivity index (χ2n) is 16.6. The van der Waals surface area contributed by atoms with E-state index in [1.165, 1.54) is 94.2 Å². The molecule has 0 bridgehead atoms. The van der Waals surface area contributed by atoms with Gasteiger partial charge in [0, 0.05) is 0 Å². The van der Waals surface area contributed by atoms with Crippen LogP contribution in [0, 0.1) is 12.1 Å². The fourth-order valence-corrected chi connectivity index (χ4v) is 8.46. The molecule has 280 valence electrons. The average Bonchev–Trinajstić information content (AvgIpc) is 3.88. The van der Waals surface area contributed by atoms with E-state index in [2.05, 4.69) is 163 Å². The van der Waals surface area contributed by atoms with Crippen LogP contribution in [0.5, 0.6) is 0 Å². The summed E-state index contributed by atoms with van der Waals surface area (Å²) in [6.45, 7) is 13.9. The largest absolute Gasteiger partial charge is 0.273 e. The van der Waals surface area contributed by atoms with E-state index < -0.39 is 0 Å². The summed E-state index contributed by atoms with van der Waals surface area (Å²) in [7, 11) is 0. The van der Waals surface area contributed by atoms with Gasteiger partial charge in [-0.15, -0.1) is 35.2 Å². The maximum absolute atomic E-state index is 5.88. The van der Waals surface area contributed by atoms with Crippen LogP contribution in [0.4, 0.5) is 0 Å². The minimum Gasteiger partial charge on any atom is -0.273 e. The Bertz CT molecular complexity index is 2150. The molecular formula is C53H50Cl2Zr. The molecule has 2 aliphatic rings. The van der Waals surface area contributed by atoms with Crippen molar-refractivity contribution < 1.29 is 24.2 Å². The monoisotopic (exact) mass is 846 g/mol. The van der Waals surface area contributed by atoms with Gasteiger partial charge >= 0.3 is 133 Å². The molecule has 0 radical (unpaired) electrons. The Hall–Kier alpha value is -3.87. The van der Waals surface area contributed by atoms with E-state index in [4.69, 9.17) is 23.2 Å². The molecule has 0 spiro atoms. The Morgan fingerprint density at radius 3 is 1.59 bits per heavy atom. The van der Waals surface area contributed by atoms with Crippen LogP contribution in [-0.2, 0) is 54.3 Å². The summed E-state index contributed by atoms with van der Waals surface area (Å²) >= 11 is 13.2. The van der Waals surface area contributed by atoms with Gasteiger partial charge in [0.1, 0.15) is 0 Å². The molecule has 0 saturated heterocycles. The van der Waals surface area contributed by atoms with Crippen LogP contribution in [0.3, 0.4) is 0 Å². The predicted octanol–water partition coefficient (Wildman–Crippen LogP) is 14.8. The van der Waals surface area contributed by atoms with Gasteiger partial charge in [0.05, 0.1) is 0 Å². The van der Waals surface area contributed by atoms with Crippen LogP contribution in [0.15, 0.2) is 146 Å². The molecule has 0 atom stereocenters. The normalized spacial score (nSPS) is 12.6. The minimum absolute atomic E-state index is 0.0380.